The second kappa shape index (κ2) is 12.4. The fraction of sp³-hybridized carbons (Fsp3) is 0.326. The third-order valence-electron chi connectivity index (χ3n) is 9.27. The molecule has 0 spiro atoms. The number of aromatic hydroxyl groups is 1. The van der Waals surface area contributed by atoms with Gasteiger partial charge in [0, 0.05) is 29.1 Å². The van der Waals surface area contributed by atoms with E-state index in [-0.39, 0.29) is 28.4 Å². The molecule has 0 aliphatic heterocycles. The number of hydrogen-bond acceptors (Lipinski definition) is 4. The molecule has 5 nitrogen and oxygen atoms in total. The summed E-state index contributed by atoms with van der Waals surface area (Å²) in [6.45, 7) is 22.1. The zero-order valence-electron chi connectivity index (χ0n) is 30.1. The van der Waals surface area contributed by atoms with E-state index < -0.39 is 0 Å². The van der Waals surface area contributed by atoms with Crippen LogP contribution in [-0.2, 0) is 10.8 Å². The van der Waals surface area contributed by atoms with Gasteiger partial charge in [0.15, 0.2) is 11.5 Å². The average Bonchev–Trinajstić information content (AvgIpc) is 3.43. The van der Waals surface area contributed by atoms with Crippen molar-refractivity contribution in [1.29, 1.82) is 0 Å². The van der Waals surface area contributed by atoms with Gasteiger partial charge in [-0.2, -0.15) is 0 Å². The highest BCUT2D eigenvalue weighted by Gasteiger charge is 2.30. The van der Waals surface area contributed by atoms with Crippen LogP contribution in [0, 0.1) is 0 Å². The van der Waals surface area contributed by atoms with Gasteiger partial charge >= 0.3 is 0 Å². The Kier molecular flexibility index (Phi) is 8.53. The number of fused-ring (bicyclic) bond motifs is 1. The molecule has 6 aromatic rings. The van der Waals surface area contributed by atoms with Crippen molar-refractivity contribution in [2.24, 2.45) is 0 Å². The molecule has 6 rings (SSSR count). The molecule has 0 atom stereocenters. The third-order valence-corrected chi connectivity index (χ3v) is 9.27. The Labute approximate surface area is 285 Å². The first-order valence-electron chi connectivity index (χ1n) is 17.1. The van der Waals surface area contributed by atoms with E-state index in [1.165, 1.54) is 11.1 Å². The molecule has 3 aromatic carbocycles. The van der Waals surface area contributed by atoms with Gasteiger partial charge in [0.2, 0.25) is 0 Å². The number of pyridine rings is 2. The van der Waals surface area contributed by atoms with Gasteiger partial charge in [0.1, 0.15) is 11.3 Å². The van der Waals surface area contributed by atoms with Gasteiger partial charge < -0.3 is 5.11 Å². The number of aromatic nitrogens is 4. The van der Waals surface area contributed by atoms with Gasteiger partial charge in [0.25, 0.3) is 0 Å². The number of phenols is 1. The minimum Gasteiger partial charge on any atom is -0.507 e. The molecule has 3 heterocycles. The van der Waals surface area contributed by atoms with Gasteiger partial charge in [-0.1, -0.05) is 118 Å². The lowest BCUT2D eigenvalue weighted by atomic mass is 9.79. The maximum Gasteiger partial charge on any atom is 0.165 e. The molecule has 246 valence electrons. The highest BCUT2D eigenvalue weighted by Crippen LogP contribution is 2.45. The van der Waals surface area contributed by atoms with Crippen LogP contribution >= 0.6 is 0 Å². The number of phenolic OH excluding ortho intramolecular Hbond substituents is 1. The van der Waals surface area contributed by atoms with Crippen LogP contribution < -0.4 is 0 Å². The van der Waals surface area contributed by atoms with E-state index in [9.17, 15) is 5.11 Å². The first-order chi connectivity index (χ1) is 22.7. The minimum atomic E-state index is -0.287. The van der Waals surface area contributed by atoms with Crippen molar-refractivity contribution in [3.8, 4) is 45.2 Å². The number of nitrogens with zero attached hydrogens (tertiary/aromatic N) is 4. The fourth-order valence-corrected chi connectivity index (χ4v) is 6.56. The predicted molar refractivity (Wildman–Crippen MR) is 200 cm³/mol. The SMILES string of the molecule is CC(C)c1cccc(C(C)C)c1-n1c(-c2cc(C(C)(C)C)cc(C(C)(C)C)c2O)nc2c(-c3cccc(-c4ccccn4)c3)ccnc21. The molecule has 3 aromatic heterocycles. The molecular weight excluding hydrogens is 589 g/mol. The molecule has 0 saturated heterocycles. The zero-order chi connectivity index (χ0) is 34.5. The standard InChI is InChI=1S/C43H48N4O/c1-26(2)31-17-14-18-32(27(3)4)38(31)47-40(34-24-30(42(5,6)7)25-35(39(34)48)43(8,9)10)46-37-33(20-22-45-41(37)47)28-15-13-16-29(23-28)36-19-11-12-21-44-36/h11-27,48H,1-10H3. The van der Waals surface area contributed by atoms with Crippen molar-refractivity contribution < 1.29 is 5.11 Å². The van der Waals surface area contributed by atoms with Gasteiger partial charge in [-0.05, 0) is 75.3 Å². The number of imidazole rings is 1. The molecule has 0 radical (unpaired) electrons. The van der Waals surface area contributed by atoms with Gasteiger partial charge in [-0.3, -0.25) is 9.55 Å². The molecule has 0 amide bonds. The van der Waals surface area contributed by atoms with Crippen LogP contribution in [-0.4, -0.2) is 24.6 Å². The number of rotatable bonds is 6. The molecule has 1 N–H and O–H groups in total. The summed E-state index contributed by atoms with van der Waals surface area (Å²) >= 11 is 0. The molecular formula is C43H48N4O. The summed E-state index contributed by atoms with van der Waals surface area (Å²) in [6.07, 6.45) is 3.70. The molecule has 5 heteroatoms. The summed E-state index contributed by atoms with van der Waals surface area (Å²) in [4.78, 5) is 15.1. The molecule has 0 unspecified atom stereocenters. The lowest BCUT2D eigenvalue weighted by Crippen LogP contribution is -2.17. The monoisotopic (exact) mass is 636 g/mol. The third kappa shape index (κ3) is 6.03. The summed E-state index contributed by atoms with van der Waals surface area (Å²) in [5.74, 6) is 1.46. The van der Waals surface area contributed by atoms with E-state index in [0.29, 0.717) is 11.4 Å². The maximum absolute atomic E-state index is 12.2. The van der Waals surface area contributed by atoms with Gasteiger partial charge in [-0.25, -0.2) is 9.97 Å². The van der Waals surface area contributed by atoms with Crippen molar-refractivity contribution in [3.63, 3.8) is 0 Å². The normalized spacial score (nSPS) is 12.4. The lowest BCUT2D eigenvalue weighted by Gasteiger charge is -2.28. The van der Waals surface area contributed by atoms with E-state index >= 15 is 0 Å². The van der Waals surface area contributed by atoms with Gasteiger partial charge in [0.05, 0.1) is 16.9 Å². The van der Waals surface area contributed by atoms with E-state index in [4.69, 9.17) is 9.97 Å². The Hall–Kier alpha value is -4.77. The predicted octanol–water partition coefficient (Wildman–Crippen LogP) is 11.4. The first kappa shape index (κ1) is 33.1. The summed E-state index contributed by atoms with van der Waals surface area (Å²) < 4.78 is 2.22. The van der Waals surface area contributed by atoms with Crippen LogP contribution in [0.2, 0.25) is 0 Å². The second-order valence-corrected chi connectivity index (χ2v) is 15.6. The van der Waals surface area contributed by atoms with Crippen molar-refractivity contribution in [2.45, 2.75) is 91.9 Å². The highest BCUT2D eigenvalue weighted by molar-refractivity contribution is 5.95. The first-order valence-corrected chi connectivity index (χ1v) is 17.1. The molecule has 0 bridgehead atoms. The van der Waals surface area contributed by atoms with Crippen molar-refractivity contribution in [3.05, 3.63) is 114 Å². The number of para-hydroxylation sites is 1. The van der Waals surface area contributed by atoms with E-state index in [0.717, 1.165) is 50.4 Å². The van der Waals surface area contributed by atoms with E-state index in [2.05, 4.69) is 133 Å². The Morgan fingerprint density at radius 2 is 1.31 bits per heavy atom. The van der Waals surface area contributed by atoms with Crippen molar-refractivity contribution >= 4 is 11.2 Å². The smallest absolute Gasteiger partial charge is 0.165 e. The Balaban J connectivity index is 1.76. The Morgan fingerprint density at radius 3 is 1.92 bits per heavy atom. The highest BCUT2D eigenvalue weighted by atomic mass is 16.3. The molecule has 48 heavy (non-hydrogen) atoms. The van der Waals surface area contributed by atoms with Crippen LogP contribution in [0.4, 0.5) is 0 Å². The minimum absolute atomic E-state index is 0.145. The van der Waals surface area contributed by atoms with E-state index in [1.807, 2.05) is 36.7 Å². The molecule has 0 fully saturated rings. The van der Waals surface area contributed by atoms with Crippen LogP contribution in [0.5, 0.6) is 5.75 Å². The molecule has 0 aliphatic carbocycles. The van der Waals surface area contributed by atoms with Crippen LogP contribution in [0.3, 0.4) is 0 Å². The zero-order valence-corrected chi connectivity index (χ0v) is 30.1. The summed E-state index contributed by atoms with van der Waals surface area (Å²) in [6, 6.07) is 27.4. The topological polar surface area (TPSA) is 63.8 Å². The fourth-order valence-electron chi connectivity index (χ4n) is 6.56. The average molecular weight is 637 g/mol. The van der Waals surface area contributed by atoms with Crippen LogP contribution in [0.1, 0.15) is 103 Å². The Bertz CT molecular complexity index is 2080. The number of hydrogen-bond donors (Lipinski definition) is 1. The Morgan fingerprint density at radius 1 is 0.646 bits per heavy atom. The number of benzene rings is 3. The summed E-state index contributed by atoms with van der Waals surface area (Å²) in [5, 5.41) is 12.2. The summed E-state index contributed by atoms with van der Waals surface area (Å²) in [7, 11) is 0. The molecule has 0 aliphatic rings. The van der Waals surface area contributed by atoms with Crippen molar-refractivity contribution in [2.75, 3.05) is 0 Å². The van der Waals surface area contributed by atoms with Crippen LogP contribution in [0.15, 0.2) is 91.3 Å². The lowest BCUT2D eigenvalue weighted by molar-refractivity contribution is 0.446. The summed E-state index contributed by atoms with van der Waals surface area (Å²) in [5.41, 5.74) is 11.4. The largest absolute Gasteiger partial charge is 0.507 e. The van der Waals surface area contributed by atoms with Crippen molar-refractivity contribution in [1.82, 2.24) is 19.5 Å². The second-order valence-electron chi connectivity index (χ2n) is 15.6. The van der Waals surface area contributed by atoms with Crippen LogP contribution in [0.25, 0.3) is 50.6 Å². The quantitative estimate of drug-likeness (QED) is 0.198. The van der Waals surface area contributed by atoms with E-state index in [1.54, 1.807) is 0 Å². The maximum atomic E-state index is 12.2. The van der Waals surface area contributed by atoms with Gasteiger partial charge in [-0.15, -0.1) is 0 Å². The molecule has 0 saturated carbocycles.